The van der Waals surface area contributed by atoms with Gasteiger partial charge in [0.2, 0.25) is 0 Å². The number of aryl methyl sites for hydroxylation is 2. The quantitative estimate of drug-likeness (QED) is 0.779. The van der Waals surface area contributed by atoms with Crippen molar-refractivity contribution in [2.45, 2.75) is 70.8 Å². The van der Waals surface area contributed by atoms with Crippen molar-refractivity contribution in [2.24, 2.45) is 5.41 Å². The molecule has 104 valence electrons. The molecule has 1 spiro atoms. The molecule has 1 heteroatoms. The van der Waals surface area contributed by atoms with Crippen LogP contribution in [0.1, 0.15) is 68.1 Å². The van der Waals surface area contributed by atoms with Gasteiger partial charge in [-0.3, -0.25) is 0 Å². The molecule has 0 unspecified atom stereocenters. The fraction of sp³-hybridized carbons (Fsp3) is 0.667. The molecule has 0 saturated heterocycles. The maximum Gasteiger partial charge on any atom is 0.0897 e. The first-order valence-electron chi connectivity index (χ1n) is 7.83. The molecule has 0 aliphatic heterocycles. The predicted octanol–water partition coefficient (Wildman–Crippen LogP) is 4.63. The first-order chi connectivity index (χ1) is 9.03. The fourth-order valence-corrected chi connectivity index (χ4v) is 4.14. The second kappa shape index (κ2) is 4.63. The molecule has 1 N–H and O–H groups in total. The Morgan fingerprint density at radius 3 is 2.05 bits per heavy atom. The Morgan fingerprint density at radius 2 is 1.47 bits per heavy atom. The molecular formula is C18H26O. The van der Waals surface area contributed by atoms with Crippen LogP contribution in [0, 0.1) is 19.3 Å². The molecule has 0 radical (unpaired) electrons. The van der Waals surface area contributed by atoms with E-state index in [4.69, 9.17) is 0 Å². The minimum atomic E-state index is -0.563. The Morgan fingerprint density at radius 1 is 0.842 bits per heavy atom. The van der Waals surface area contributed by atoms with Crippen LogP contribution in [0.5, 0.6) is 0 Å². The Balaban J connectivity index is 1.79. The number of hydrogen-bond acceptors (Lipinski definition) is 1. The molecule has 19 heavy (non-hydrogen) atoms. The third-order valence-electron chi connectivity index (χ3n) is 5.85. The zero-order chi connectivity index (χ0) is 13.5. The van der Waals surface area contributed by atoms with Gasteiger partial charge < -0.3 is 5.11 Å². The number of aliphatic hydroxyl groups is 1. The fourth-order valence-electron chi connectivity index (χ4n) is 4.14. The summed E-state index contributed by atoms with van der Waals surface area (Å²) < 4.78 is 0. The van der Waals surface area contributed by atoms with Crippen molar-refractivity contribution in [1.29, 1.82) is 0 Å². The van der Waals surface area contributed by atoms with Crippen LogP contribution in [0.15, 0.2) is 18.2 Å². The summed E-state index contributed by atoms with van der Waals surface area (Å²) in [5.74, 6) is 0. The summed E-state index contributed by atoms with van der Waals surface area (Å²) >= 11 is 0. The van der Waals surface area contributed by atoms with Crippen LogP contribution < -0.4 is 0 Å². The van der Waals surface area contributed by atoms with Crippen molar-refractivity contribution in [2.75, 3.05) is 0 Å². The molecule has 1 aromatic carbocycles. The first-order valence-corrected chi connectivity index (χ1v) is 7.83. The standard InChI is InChI=1S/C18H26O/c1-14-5-6-16(13-15(14)2)18(19)11-9-17(10-12-18)7-3-4-8-17/h5-6,13,19H,3-4,7-12H2,1-2H3. The number of hydrogen-bond donors (Lipinski definition) is 1. The SMILES string of the molecule is Cc1ccc(C2(O)CCC3(CCCC3)CC2)cc1C. The van der Waals surface area contributed by atoms with Gasteiger partial charge in [-0.05, 0) is 74.5 Å². The summed E-state index contributed by atoms with van der Waals surface area (Å²) in [5, 5.41) is 11.0. The summed E-state index contributed by atoms with van der Waals surface area (Å²) in [4.78, 5) is 0. The topological polar surface area (TPSA) is 20.2 Å². The molecule has 0 amide bonds. The van der Waals surface area contributed by atoms with E-state index in [1.165, 1.54) is 49.7 Å². The maximum absolute atomic E-state index is 11.0. The molecule has 2 aliphatic carbocycles. The average molecular weight is 258 g/mol. The van der Waals surface area contributed by atoms with Crippen molar-refractivity contribution in [3.63, 3.8) is 0 Å². The van der Waals surface area contributed by atoms with Crippen LogP contribution in [0.2, 0.25) is 0 Å². The minimum Gasteiger partial charge on any atom is -0.385 e. The molecule has 0 aromatic heterocycles. The van der Waals surface area contributed by atoms with Crippen LogP contribution in [0.3, 0.4) is 0 Å². The maximum atomic E-state index is 11.0. The van der Waals surface area contributed by atoms with Gasteiger partial charge in [-0.1, -0.05) is 31.0 Å². The Kier molecular flexibility index (Phi) is 3.21. The van der Waals surface area contributed by atoms with E-state index in [9.17, 15) is 5.11 Å². The van der Waals surface area contributed by atoms with Gasteiger partial charge in [0.1, 0.15) is 0 Å². The second-order valence-electron chi connectivity index (χ2n) is 7.04. The molecule has 0 heterocycles. The van der Waals surface area contributed by atoms with Crippen molar-refractivity contribution in [1.82, 2.24) is 0 Å². The average Bonchev–Trinajstić information content (AvgIpc) is 2.86. The van der Waals surface area contributed by atoms with Gasteiger partial charge in [0.05, 0.1) is 5.60 Å². The van der Waals surface area contributed by atoms with Crippen molar-refractivity contribution < 1.29 is 5.11 Å². The Bertz CT molecular complexity index is 459. The van der Waals surface area contributed by atoms with E-state index in [0.717, 1.165) is 18.4 Å². The predicted molar refractivity (Wildman–Crippen MR) is 79.2 cm³/mol. The molecule has 0 bridgehead atoms. The summed E-state index contributed by atoms with van der Waals surface area (Å²) in [6, 6.07) is 6.49. The molecule has 0 atom stereocenters. The minimum absolute atomic E-state index is 0.563. The van der Waals surface area contributed by atoms with E-state index >= 15 is 0 Å². The largest absolute Gasteiger partial charge is 0.385 e. The van der Waals surface area contributed by atoms with Gasteiger partial charge >= 0.3 is 0 Å². The zero-order valence-electron chi connectivity index (χ0n) is 12.3. The van der Waals surface area contributed by atoms with Crippen molar-refractivity contribution in [3.05, 3.63) is 34.9 Å². The van der Waals surface area contributed by atoms with Crippen LogP contribution in [-0.4, -0.2) is 5.11 Å². The second-order valence-corrected chi connectivity index (χ2v) is 7.04. The molecule has 2 saturated carbocycles. The van der Waals surface area contributed by atoms with Crippen molar-refractivity contribution >= 4 is 0 Å². The van der Waals surface area contributed by atoms with E-state index in [1.807, 2.05) is 0 Å². The van der Waals surface area contributed by atoms with Gasteiger partial charge in [0.15, 0.2) is 0 Å². The summed E-state index contributed by atoms with van der Waals surface area (Å²) in [6.45, 7) is 4.28. The van der Waals surface area contributed by atoms with Gasteiger partial charge in [0, 0.05) is 0 Å². The molecule has 3 rings (SSSR count). The third kappa shape index (κ3) is 2.33. The molecule has 1 aromatic rings. The van der Waals surface area contributed by atoms with Crippen molar-refractivity contribution in [3.8, 4) is 0 Å². The van der Waals surface area contributed by atoms with Crippen LogP contribution in [0.4, 0.5) is 0 Å². The van der Waals surface area contributed by atoms with Crippen LogP contribution in [0.25, 0.3) is 0 Å². The normalized spacial score (nSPS) is 24.8. The van der Waals surface area contributed by atoms with E-state index in [-0.39, 0.29) is 0 Å². The van der Waals surface area contributed by atoms with Crippen LogP contribution in [-0.2, 0) is 5.60 Å². The van der Waals surface area contributed by atoms with E-state index < -0.39 is 5.60 Å². The molecule has 2 fully saturated rings. The first kappa shape index (κ1) is 13.2. The molecule has 1 nitrogen and oxygen atoms in total. The Labute approximate surface area is 117 Å². The van der Waals surface area contributed by atoms with Gasteiger partial charge in [-0.25, -0.2) is 0 Å². The highest BCUT2D eigenvalue weighted by Crippen LogP contribution is 2.53. The lowest BCUT2D eigenvalue weighted by atomic mass is 9.66. The van der Waals surface area contributed by atoms with E-state index in [2.05, 4.69) is 32.0 Å². The summed E-state index contributed by atoms with van der Waals surface area (Å²) in [5.41, 5.74) is 3.78. The lowest BCUT2D eigenvalue weighted by Crippen LogP contribution is -2.36. The highest BCUT2D eigenvalue weighted by molar-refractivity contribution is 5.33. The zero-order valence-corrected chi connectivity index (χ0v) is 12.3. The van der Waals surface area contributed by atoms with E-state index in [0.29, 0.717) is 5.41 Å². The number of rotatable bonds is 1. The monoisotopic (exact) mass is 258 g/mol. The van der Waals surface area contributed by atoms with E-state index in [1.54, 1.807) is 0 Å². The number of benzene rings is 1. The van der Waals surface area contributed by atoms with Gasteiger partial charge in [0.25, 0.3) is 0 Å². The highest BCUT2D eigenvalue weighted by atomic mass is 16.3. The van der Waals surface area contributed by atoms with Gasteiger partial charge in [-0.2, -0.15) is 0 Å². The molecular weight excluding hydrogens is 232 g/mol. The lowest BCUT2D eigenvalue weighted by molar-refractivity contribution is -0.0376. The smallest absolute Gasteiger partial charge is 0.0897 e. The summed E-state index contributed by atoms with van der Waals surface area (Å²) in [6.07, 6.45) is 9.95. The summed E-state index contributed by atoms with van der Waals surface area (Å²) in [7, 11) is 0. The molecule has 2 aliphatic rings. The third-order valence-corrected chi connectivity index (χ3v) is 5.85. The highest BCUT2D eigenvalue weighted by Gasteiger charge is 2.43. The lowest BCUT2D eigenvalue weighted by Gasteiger charge is -2.42. The Hall–Kier alpha value is -0.820. The van der Waals surface area contributed by atoms with Gasteiger partial charge in [-0.15, -0.1) is 0 Å². The van der Waals surface area contributed by atoms with Crippen LogP contribution >= 0.6 is 0 Å².